The van der Waals surface area contributed by atoms with Gasteiger partial charge in [0.1, 0.15) is 17.5 Å². The summed E-state index contributed by atoms with van der Waals surface area (Å²) in [7, 11) is 0. The number of carbonyl (C=O) groups excluding carboxylic acids is 1. The van der Waals surface area contributed by atoms with Gasteiger partial charge in [0.25, 0.3) is 0 Å². The van der Waals surface area contributed by atoms with E-state index < -0.39 is 11.8 Å². The third-order valence-corrected chi connectivity index (χ3v) is 3.99. The van der Waals surface area contributed by atoms with E-state index in [2.05, 4.69) is 20.4 Å². The highest BCUT2D eigenvalue weighted by Crippen LogP contribution is 2.29. The Hall–Kier alpha value is -3.82. The van der Waals surface area contributed by atoms with Crippen molar-refractivity contribution >= 4 is 23.5 Å². The fraction of sp³-hybridized carbons (Fsp3) is 0.118. The highest BCUT2D eigenvalue weighted by atomic mass is 19.1. The molecule has 9 nitrogen and oxygen atoms in total. The number of pyridine rings is 2. The van der Waals surface area contributed by atoms with Crippen LogP contribution in [-0.4, -0.2) is 43.3 Å². The fourth-order valence-corrected chi connectivity index (χ4v) is 2.83. The third kappa shape index (κ3) is 3.19. The normalized spacial score (nSPS) is 12.3. The molecule has 0 saturated heterocycles. The molecule has 1 aliphatic rings. The van der Waals surface area contributed by atoms with Gasteiger partial charge in [-0.25, -0.2) is 19.2 Å². The second kappa shape index (κ2) is 6.48. The number of halogens is 1. The number of aromatic nitrogens is 4. The lowest BCUT2D eigenvalue weighted by molar-refractivity contribution is -0.115. The van der Waals surface area contributed by atoms with Crippen molar-refractivity contribution in [2.24, 2.45) is 0 Å². The summed E-state index contributed by atoms with van der Waals surface area (Å²) < 4.78 is 14.3. The lowest BCUT2D eigenvalue weighted by Gasteiger charge is -2.29. The van der Waals surface area contributed by atoms with E-state index in [9.17, 15) is 19.1 Å². The maximum absolute atomic E-state index is 12.9. The van der Waals surface area contributed by atoms with E-state index in [0.717, 1.165) is 11.8 Å². The maximum Gasteiger partial charge on any atom is 0.356 e. The van der Waals surface area contributed by atoms with E-state index in [-0.39, 0.29) is 24.0 Å². The smallest absolute Gasteiger partial charge is 0.356 e. The predicted molar refractivity (Wildman–Crippen MR) is 92.2 cm³/mol. The second-order valence-corrected chi connectivity index (χ2v) is 5.86. The number of amides is 1. The first kappa shape index (κ1) is 16.6. The Morgan fingerprint density at radius 3 is 2.85 bits per heavy atom. The van der Waals surface area contributed by atoms with E-state index in [1.165, 1.54) is 22.9 Å². The average Bonchev–Trinajstić information content (AvgIpc) is 3.10. The van der Waals surface area contributed by atoms with Crippen molar-refractivity contribution < 1.29 is 19.1 Å². The highest BCUT2D eigenvalue weighted by Gasteiger charge is 2.28. The van der Waals surface area contributed by atoms with E-state index in [1.807, 2.05) is 6.07 Å². The molecule has 4 rings (SSSR count). The van der Waals surface area contributed by atoms with Gasteiger partial charge in [0, 0.05) is 24.4 Å². The number of aromatic carboxylic acids is 1. The van der Waals surface area contributed by atoms with Gasteiger partial charge in [0.2, 0.25) is 5.91 Å². The molecule has 27 heavy (non-hydrogen) atoms. The van der Waals surface area contributed by atoms with Gasteiger partial charge in [-0.1, -0.05) is 6.07 Å². The van der Waals surface area contributed by atoms with Crippen LogP contribution in [0.1, 0.15) is 16.1 Å². The zero-order valence-corrected chi connectivity index (χ0v) is 13.8. The van der Waals surface area contributed by atoms with E-state index >= 15 is 0 Å². The Kier molecular flexibility index (Phi) is 3.99. The lowest BCUT2D eigenvalue weighted by atomic mass is 10.2. The first-order chi connectivity index (χ1) is 13.0. The fourth-order valence-electron chi connectivity index (χ4n) is 2.83. The molecule has 3 aromatic rings. The molecule has 0 bridgehead atoms. The van der Waals surface area contributed by atoms with E-state index in [1.54, 1.807) is 17.2 Å². The first-order valence-electron chi connectivity index (χ1n) is 7.95. The van der Waals surface area contributed by atoms with Gasteiger partial charge in [0.15, 0.2) is 11.5 Å². The molecule has 1 aliphatic heterocycles. The Balaban J connectivity index is 1.61. The van der Waals surface area contributed by atoms with Gasteiger partial charge < -0.3 is 15.3 Å². The summed E-state index contributed by atoms with van der Waals surface area (Å²) in [5.41, 5.74) is 0.659. The molecule has 0 radical (unpaired) electrons. The van der Waals surface area contributed by atoms with Crippen LogP contribution in [0.2, 0.25) is 0 Å². The molecule has 4 heterocycles. The summed E-state index contributed by atoms with van der Waals surface area (Å²) >= 11 is 0. The number of anilines is 2. The average molecular weight is 368 g/mol. The molecule has 0 unspecified atom stereocenters. The van der Waals surface area contributed by atoms with Gasteiger partial charge in [-0.15, -0.1) is 0 Å². The van der Waals surface area contributed by atoms with Crippen molar-refractivity contribution in [3.63, 3.8) is 0 Å². The lowest BCUT2D eigenvalue weighted by Crippen LogP contribution is -2.37. The topological polar surface area (TPSA) is 113 Å². The van der Waals surface area contributed by atoms with Crippen LogP contribution in [0, 0.1) is 5.82 Å². The molecule has 0 atom stereocenters. The van der Waals surface area contributed by atoms with Crippen LogP contribution in [0.25, 0.3) is 5.82 Å². The monoisotopic (exact) mass is 368 g/mol. The number of nitrogens with zero attached hydrogens (tertiary/aromatic N) is 5. The SMILES string of the molecule is O=C(CN1Cc2cccnc2-n2nc(C(=O)O)cc21)Nc1ccc(F)cn1. The minimum Gasteiger partial charge on any atom is -0.476 e. The standard InChI is InChI=1S/C17H13FN6O3/c18-11-3-4-13(20-7-11)21-14(25)9-23-8-10-2-1-5-19-16(10)24-15(23)6-12(22-24)17(26)27/h1-7H,8-9H2,(H,26,27)(H,20,21,25). The van der Waals surface area contributed by atoms with Crippen molar-refractivity contribution in [2.45, 2.75) is 6.54 Å². The molecule has 0 saturated carbocycles. The molecule has 0 fully saturated rings. The molecule has 0 spiro atoms. The number of hydrogen-bond donors (Lipinski definition) is 2. The largest absolute Gasteiger partial charge is 0.476 e. The molecule has 10 heteroatoms. The number of nitrogens with one attached hydrogen (secondary N) is 1. The number of rotatable bonds is 4. The van der Waals surface area contributed by atoms with Gasteiger partial charge in [-0.2, -0.15) is 9.78 Å². The maximum atomic E-state index is 12.9. The predicted octanol–water partition coefficient (Wildman–Crippen LogP) is 1.46. The molecule has 136 valence electrons. The molecular weight excluding hydrogens is 355 g/mol. The van der Waals surface area contributed by atoms with Gasteiger partial charge in [0.05, 0.1) is 12.7 Å². The van der Waals surface area contributed by atoms with Crippen molar-refractivity contribution in [3.8, 4) is 5.82 Å². The Bertz CT molecular complexity index is 1030. The second-order valence-electron chi connectivity index (χ2n) is 5.86. The van der Waals surface area contributed by atoms with Crippen LogP contribution in [0.5, 0.6) is 0 Å². The van der Waals surface area contributed by atoms with Crippen LogP contribution in [0.4, 0.5) is 16.0 Å². The molecular formula is C17H13FN6O3. The van der Waals surface area contributed by atoms with Crippen LogP contribution >= 0.6 is 0 Å². The molecule has 0 aromatic carbocycles. The molecule has 1 amide bonds. The quantitative estimate of drug-likeness (QED) is 0.717. The minimum atomic E-state index is -1.17. The third-order valence-electron chi connectivity index (χ3n) is 3.99. The number of carbonyl (C=O) groups is 2. The summed E-state index contributed by atoms with van der Waals surface area (Å²) in [6.07, 6.45) is 2.60. The zero-order chi connectivity index (χ0) is 19.0. The van der Waals surface area contributed by atoms with E-state index in [4.69, 9.17) is 0 Å². The van der Waals surface area contributed by atoms with Crippen LogP contribution in [0.3, 0.4) is 0 Å². The van der Waals surface area contributed by atoms with Gasteiger partial charge >= 0.3 is 5.97 Å². The first-order valence-corrected chi connectivity index (χ1v) is 7.95. The Morgan fingerprint density at radius 1 is 1.26 bits per heavy atom. The van der Waals surface area contributed by atoms with Crippen LogP contribution < -0.4 is 10.2 Å². The summed E-state index contributed by atoms with van der Waals surface area (Å²) in [5.74, 6) is -0.864. The number of fused-ring (bicyclic) bond motifs is 3. The number of hydrogen-bond acceptors (Lipinski definition) is 6. The molecule has 3 aromatic heterocycles. The molecule has 0 aliphatic carbocycles. The number of carboxylic acids is 1. The summed E-state index contributed by atoms with van der Waals surface area (Å²) in [4.78, 5) is 33.4. The van der Waals surface area contributed by atoms with Crippen molar-refractivity contribution in [3.05, 3.63) is 59.8 Å². The van der Waals surface area contributed by atoms with Gasteiger partial charge in [-0.05, 0) is 18.2 Å². The summed E-state index contributed by atoms with van der Waals surface area (Å²) in [5, 5.41) is 15.9. The van der Waals surface area contributed by atoms with Crippen LogP contribution in [-0.2, 0) is 11.3 Å². The summed E-state index contributed by atoms with van der Waals surface area (Å²) in [6, 6.07) is 7.53. The minimum absolute atomic E-state index is 0.0713. The Morgan fingerprint density at radius 2 is 2.11 bits per heavy atom. The van der Waals surface area contributed by atoms with Crippen molar-refractivity contribution in [1.29, 1.82) is 0 Å². The Labute approximate surface area is 152 Å². The van der Waals surface area contributed by atoms with Gasteiger partial charge in [-0.3, -0.25) is 4.79 Å². The highest BCUT2D eigenvalue weighted by molar-refractivity contribution is 5.93. The van der Waals surface area contributed by atoms with E-state index in [0.29, 0.717) is 18.2 Å². The van der Waals surface area contributed by atoms with Crippen LogP contribution in [0.15, 0.2) is 42.7 Å². The molecule has 2 N–H and O–H groups in total. The van der Waals surface area contributed by atoms with Crippen molar-refractivity contribution in [2.75, 3.05) is 16.8 Å². The summed E-state index contributed by atoms with van der Waals surface area (Å²) in [6.45, 7) is 0.288. The zero-order valence-electron chi connectivity index (χ0n) is 13.8. The number of carboxylic acid groups (broad SMARTS) is 1. The van der Waals surface area contributed by atoms with Crippen molar-refractivity contribution in [1.82, 2.24) is 19.7 Å².